The molecule has 4 rings (SSSR count). The summed E-state index contributed by atoms with van der Waals surface area (Å²) >= 11 is 5.25. The molecule has 0 atom stereocenters. The SMILES string of the molecule is Cc1cc(-c2nc3ccccc3s2)c(C)n1-c1ccc(Br)cc1. The number of aryl methyl sites for hydroxylation is 1. The Morgan fingerprint density at radius 3 is 2.48 bits per heavy atom. The third-order valence-electron chi connectivity index (χ3n) is 4.04. The third-order valence-corrected chi connectivity index (χ3v) is 5.64. The van der Waals surface area contributed by atoms with Crippen molar-refractivity contribution in [1.82, 2.24) is 9.55 Å². The standard InChI is InChI=1S/C19H15BrN2S/c1-12-11-16(19-21-17-5-3-4-6-18(17)23-19)13(2)22(12)15-9-7-14(20)8-10-15/h3-11H,1-2H3. The van der Waals surface area contributed by atoms with Gasteiger partial charge in [-0.25, -0.2) is 4.98 Å². The fraction of sp³-hybridized carbons (Fsp3) is 0.105. The van der Waals surface area contributed by atoms with Crippen LogP contribution >= 0.6 is 27.3 Å². The quantitative estimate of drug-likeness (QED) is 0.407. The van der Waals surface area contributed by atoms with E-state index < -0.39 is 0 Å². The molecule has 0 aliphatic carbocycles. The number of aromatic nitrogens is 2. The number of para-hydroxylation sites is 1. The molecule has 0 aliphatic heterocycles. The Balaban J connectivity index is 1.87. The molecule has 0 fully saturated rings. The van der Waals surface area contributed by atoms with Crippen LogP contribution in [0.15, 0.2) is 59.1 Å². The summed E-state index contributed by atoms with van der Waals surface area (Å²) in [5, 5.41) is 1.09. The zero-order chi connectivity index (χ0) is 16.0. The smallest absolute Gasteiger partial charge is 0.126 e. The highest BCUT2D eigenvalue weighted by Crippen LogP contribution is 2.34. The first-order chi connectivity index (χ1) is 11.1. The zero-order valence-corrected chi connectivity index (χ0v) is 15.3. The van der Waals surface area contributed by atoms with Crippen LogP contribution in [-0.4, -0.2) is 9.55 Å². The van der Waals surface area contributed by atoms with Crippen molar-refractivity contribution in [3.63, 3.8) is 0 Å². The van der Waals surface area contributed by atoms with E-state index in [1.165, 1.54) is 27.3 Å². The molecule has 0 saturated carbocycles. The van der Waals surface area contributed by atoms with Gasteiger partial charge in [-0.3, -0.25) is 0 Å². The Kier molecular flexibility index (Phi) is 3.58. The fourth-order valence-corrected chi connectivity index (χ4v) is 4.25. The second kappa shape index (κ2) is 5.62. The normalized spacial score (nSPS) is 11.3. The highest BCUT2D eigenvalue weighted by atomic mass is 79.9. The summed E-state index contributed by atoms with van der Waals surface area (Å²) in [4.78, 5) is 4.80. The highest BCUT2D eigenvalue weighted by molar-refractivity contribution is 9.10. The van der Waals surface area contributed by atoms with Gasteiger partial charge in [-0.2, -0.15) is 0 Å². The van der Waals surface area contributed by atoms with Crippen molar-refractivity contribution in [3.8, 4) is 16.3 Å². The van der Waals surface area contributed by atoms with E-state index in [4.69, 9.17) is 4.98 Å². The van der Waals surface area contributed by atoms with E-state index >= 15 is 0 Å². The summed E-state index contributed by atoms with van der Waals surface area (Å²) in [7, 11) is 0. The molecule has 4 heteroatoms. The fourth-order valence-electron chi connectivity index (χ4n) is 2.95. The molecule has 2 heterocycles. The molecule has 0 saturated heterocycles. The van der Waals surface area contributed by atoms with Crippen molar-refractivity contribution in [2.45, 2.75) is 13.8 Å². The van der Waals surface area contributed by atoms with Gasteiger partial charge in [0.2, 0.25) is 0 Å². The number of fused-ring (bicyclic) bond motifs is 1. The number of rotatable bonds is 2. The van der Waals surface area contributed by atoms with E-state index in [9.17, 15) is 0 Å². The molecule has 114 valence electrons. The number of hydrogen-bond donors (Lipinski definition) is 0. The van der Waals surface area contributed by atoms with E-state index in [2.05, 4.69) is 82.9 Å². The summed E-state index contributed by atoms with van der Waals surface area (Å²) in [6, 6.07) is 18.9. The molecule has 0 bridgehead atoms. The Morgan fingerprint density at radius 1 is 1.00 bits per heavy atom. The van der Waals surface area contributed by atoms with Crippen molar-refractivity contribution in [3.05, 3.63) is 70.5 Å². The van der Waals surface area contributed by atoms with Gasteiger partial charge in [-0.15, -0.1) is 11.3 Å². The molecule has 2 aromatic heterocycles. The summed E-state index contributed by atoms with van der Waals surface area (Å²) in [5.41, 5.74) is 5.91. The van der Waals surface area contributed by atoms with Crippen molar-refractivity contribution >= 4 is 37.5 Å². The lowest BCUT2D eigenvalue weighted by molar-refractivity contribution is 0.966. The van der Waals surface area contributed by atoms with Crippen molar-refractivity contribution < 1.29 is 0 Å². The average Bonchev–Trinajstić information content (AvgIpc) is 3.09. The van der Waals surface area contributed by atoms with Crippen LogP contribution in [0.5, 0.6) is 0 Å². The second-order valence-electron chi connectivity index (χ2n) is 5.58. The average molecular weight is 383 g/mol. The Morgan fingerprint density at radius 2 is 1.74 bits per heavy atom. The summed E-state index contributed by atoms with van der Waals surface area (Å²) in [5.74, 6) is 0. The van der Waals surface area contributed by atoms with E-state index in [1.54, 1.807) is 11.3 Å². The number of hydrogen-bond acceptors (Lipinski definition) is 2. The van der Waals surface area contributed by atoms with Gasteiger partial charge < -0.3 is 4.57 Å². The number of halogens is 1. The monoisotopic (exact) mass is 382 g/mol. The number of thiazole rings is 1. The minimum atomic E-state index is 1.07. The van der Waals surface area contributed by atoms with Gasteiger partial charge in [0.25, 0.3) is 0 Å². The lowest BCUT2D eigenvalue weighted by atomic mass is 10.2. The van der Waals surface area contributed by atoms with Crippen LogP contribution in [0, 0.1) is 13.8 Å². The maximum Gasteiger partial charge on any atom is 0.126 e. The van der Waals surface area contributed by atoms with Crippen LogP contribution in [0.4, 0.5) is 0 Å². The molecule has 4 aromatic rings. The molecule has 0 aliphatic rings. The Labute approximate surface area is 147 Å². The number of nitrogens with zero attached hydrogens (tertiary/aromatic N) is 2. The maximum absolute atomic E-state index is 4.80. The molecule has 0 N–H and O–H groups in total. The Bertz CT molecular complexity index is 963. The van der Waals surface area contributed by atoms with Gasteiger partial charge in [-0.1, -0.05) is 28.1 Å². The first-order valence-corrected chi connectivity index (χ1v) is 9.05. The molecule has 0 spiro atoms. The van der Waals surface area contributed by atoms with E-state index in [1.807, 2.05) is 6.07 Å². The lowest BCUT2D eigenvalue weighted by Gasteiger charge is -2.09. The van der Waals surface area contributed by atoms with Gasteiger partial charge in [0.1, 0.15) is 5.01 Å². The van der Waals surface area contributed by atoms with Crippen LogP contribution in [0.3, 0.4) is 0 Å². The number of benzene rings is 2. The molecule has 0 radical (unpaired) electrons. The summed E-state index contributed by atoms with van der Waals surface area (Å²) in [6.07, 6.45) is 0. The molecular formula is C19H15BrN2S. The van der Waals surface area contributed by atoms with E-state index in [0.29, 0.717) is 0 Å². The van der Waals surface area contributed by atoms with Gasteiger partial charge in [0.15, 0.2) is 0 Å². The molecule has 23 heavy (non-hydrogen) atoms. The van der Waals surface area contributed by atoms with Gasteiger partial charge in [-0.05, 0) is 56.3 Å². The minimum absolute atomic E-state index is 1.07. The minimum Gasteiger partial charge on any atom is -0.318 e. The summed E-state index contributed by atoms with van der Waals surface area (Å²) in [6.45, 7) is 4.31. The van der Waals surface area contributed by atoms with E-state index in [0.717, 1.165) is 15.0 Å². The van der Waals surface area contributed by atoms with Crippen molar-refractivity contribution in [2.24, 2.45) is 0 Å². The third kappa shape index (κ3) is 2.52. The largest absolute Gasteiger partial charge is 0.318 e. The predicted molar refractivity (Wildman–Crippen MR) is 102 cm³/mol. The second-order valence-corrected chi connectivity index (χ2v) is 7.53. The van der Waals surface area contributed by atoms with Crippen LogP contribution in [0.1, 0.15) is 11.4 Å². The predicted octanol–water partition coefficient (Wildman–Crippen LogP) is 6.13. The topological polar surface area (TPSA) is 17.8 Å². The van der Waals surface area contributed by atoms with Gasteiger partial charge >= 0.3 is 0 Å². The van der Waals surface area contributed by atoms with Gasteiger partial charge in [0, 0.05) is 27.1 Å². The van der Waals surface area contributed by atoms with Gasteiger partial charge in [0.05, 0.1) is 10.2 Å². The van der Waals surface area contributed by atoms with Crippen molar-refractivity contribution in [2.75, 3.05) is 0 Å². The van der Waals surface area contributed by atoms with Crippen LogP contribution in [0.25, 0.3) is 26.5 Å². The molecular weight excluding hydrogens is 368 g/mol. The molecule has 0 unspecified atom stereocenters. The molecule has 2 nitrogen and oxygen atoms in total. The van der Waals surface area contributed by atoms with Crippen LogP contribution in [0.2, 0.25) is 0 Å². The lowest BCUT2D eigenvalue weighted by Crippen LogP contribution is -1.98. The van der Waals surface area contributed by atoms with Crippen molar-refractivity contribution in [1.29, 1.82) is 0 Å². The molecule has 0 amide bonds. The zero-order valence-electron chi connectivity index (χ0n) is 12.9. The van der Waals surface area contributed by atoms with Crippen LogP contribution < -0.4 is 0 Å². The Hall–Kier alpha value is -1.91. The highest BCUT2D eigenvalue weighted by Gasteiger charge is 2.15. The molecule has 2 aromatic carbocycles. The van der Waals surface area contributed by atoms with E-state index in [-0.39, 0.29) is 0 Å². The first kappa shape index (κ1) is 14.7. The summed E-state index contributed by atoms with van der Waals surface area (Å²) < 4.78 is 4.61. The maximum atomic E-state index is 4.80. The first-order valence-electron chi connectivity index (χ1n) is 7.44. The van der Waals surface area contributed by atoms with Crippen LogP contribution in [-0.2, 0) is 0 Å².